The Hall–Kier alpha value is -1.57. The highest BCUT2D eigenvalue weighted by Gasteiger charge is 1.85. The van der Waals surface area contributed by atoms with Crippen LogP contribution in [-0.4, -0.2) is 4.98 Å². The van der Waals surface area contributed by atoms with E-state index in [1.54, 1.807) is 18.5 Å². The van der Waals surface area contributed by atoms with E-state index < -0.39 is 0 Å². The molecule has 2 N–H and O–H groups in total. The van der Waals surface area contributed by atoms with Crippen molar-refractivity contribution in [3.05, 3.63) is 41.0 Å². The molecule has 1 aromatic rings. The van der Waals surface area contributed by atoms with Gasteiger partial charge in [0.05, 0.1) is 0 Å². The largest absolute Gasteiger partial charge is 0.404 e. The van der Waals surface area contributed by atoms with E-state index in [-0.39, 0.29) is 0 Å². The lowest BCUT2D eigenvalue weighted by Gasteiger charge is -1.91. The molecule has 0 aliphatic heterocycles. The highest BCUT2D eigenvalue weighted by Crippen LogP contribution is 1.78. The Morgan fingerprint density at radius 1 is 1.50 bits per heavy atom. The summed E-state index contributed by atoms with van der Waals surface area (Å²) >= 11 is 0. The van der Waals surface area contributed by atoms with Crippen LogP contribution >= 0.6 is 0 Å². The zero-order valence-corrected chi connectivity index (χ0v) is 7.12. The Morgan fingerprint density at radius 2 is 2.25 bits per heavy atom. The minimum atomic E-state index is 0.966. The van der Waals surface area contributed by atoms with Gasteiger partial charge in [-0.15, -0.1) is 0 Å². The molecular weight excluding hydrogens is 148 g/mol. The van der Waals surface area contributed by atoms with Crippen molar-refractivity contribution in [2.45, 2.75) is 6.92 Å². The highest BCUT2D eigenvalue weighted by molar-refractivity contribution is 5.37. The molecule has 0 amide bonds. The number of nitrogens with zero attached hydrogens (tertiary/aromatic N) is 1. The van der Waals surface area contributed by atoms with Crippen molar-refractivity contribution in [1.82, 2.24) is 4.98 Å². The summed E-state index contributed by atoms with van der Waals surface area (Å²) in [6.07, 6.45) is 6.96. The van der Waals surface area contributed by atoms with Crippen LogP contribution in [0.5, 0.6) is 0 Å². The molecule has 0 aromatic carbocycles. The molecule has 1 rings (SSSR count). The number of aromatic nitrogens is 1. The lowest BCUT2D eigenvalue weighted by Crippen LogP contribution is -2.26. The molecule has 2 nitrogen and oxygen atoms in total. The number of aryl methyl sites for hydroxylation is 1. The van der Waals surface area contributed by atoms with Gasteiger partial charge >= 0.3 is 0 Å². The number of pyridine rings is 1. The molecule has 0 saturated carbocycles. The standard InChI is InChI=1S/C10H12N2/c1-3-4-9-7-12-8(2)5-10(9)6-11/h3-7H,1,11H2,2H3/b9-4-,10-6-. The molecule has 0 atom stereocenters. The average Bonchev–Trinajstić information content (AvgIpc) is 2.08. The van der Waals surface area contributed by atoms with Crippen LogP contribution in [0.3, 0.4) is 0 Å². The van der Waals surface area contributed by atoms with Crippen LogP contribution in [0.1, 0.15) is 5.69 Å². The Bertz CT molecular complexity index is 391. The van der Waals surface area contributed by atoms with Crippen LogP contribution in [0.15, 0.2) is 24.9 Å². The van der Waals surface area contributed by atoms with E-state index in [4.69, 9.17) is 5.73 Å². The molecule has 0 bridgehead atoms. The molecule has 0 radical (unpaired) electrons. The fourth-order valence-corrected chi connectivity index (χ4v) is 1.00. The molecule has 1 heterocycles. The predicted octanol–water partition coefficient (Wildman–Crippen LogP) is 0.0532. The van der Waals surface area contributed by atoms with Crippen molar-refractivity contribution >= 4 is 12.3 Å². The van der Waals surface area contributed by atoms with Crippen molar-refractivity contribution in [1.29, 1.82) is 0 Å². The third kappa shape index (κ3) is 1.72. The average molecular weight is 160 g/mol. The van der Waals surface area contributed by atoms with E-state index in [0.29, 0.717) is 0 Å². The minimum Gasteiger partial charge on any atom is -0.404 e. The molecule has 62 valence electrons. The van der Waals surface area contributed by atoms with Gasteiger partial charge in [0, 0.05) is 28.5 Å². The fourth-order valence-electron chi connectivity index (χ4n) is 1.00. The molecular formula is C10H12N2. The molecule has 0 fully saturated rings. The summed E-state index contributed by atoms with van der Waals surface area (Å²) in [6.45, 7) is 5.55. The van der Waals surface area contributed by atoms with E-state index in [2.05, 4.69) is 11.6 Å². The second-order valence-corrected chi connectivity index (χ2v) is 2.52. The van der Waals surface area contributed by atoms with Gasteiger partial charge in [-0.25, -0.2) is 0 Å². The van der Waals surface area contributed by atoms with Gasteiger partial charge in [-0.2, -0.15) is 0 Å². The van der Waals surface area contributed by atoms with E-state index in [0.717, 1.165) is 16.1 Å². The number of nitrogens with two attached hydrogens (primary N) is 1. The zero-order valence-electron chi connectivity index (χ0n) is 7.12. The molecule has 0 spiro atoms. The van der Waals surface area contributed by atoms with Gasteiger partial charge in [-0.05, 0) is 13.0 Å². The second-order valence-electron chi connectivity index (χ2n) is 2.52. The van der Waals surface area contributed by atoms with Crippen LogP contribution in [0.25, 0.3) is 12.3 Å². The number of rotatable bonds is 1. The first-order valence-corrected chi connectivity index (χ1v) is 3.75. The van der Waals surface area contributed by atoms with E-state index in [1.165, 1.54) is 0 Å². The quantitative estimate of drug-likeness (QED) is 0.630. The van der Waals surface area contributed by atoms with Gasteiger partial charge in [-0.1, -0.05) is 18.7 Å². The normalized spacial score (nSPS) is 13.4. The molecule has 0 unspecified atom stereocenters. The topological polar surface area (TPSA) is 38.9 Å². The highest BCUT2D eigenvalue weighted by atomic mass is 14.6. The van der Waals surface area contributed by atoms with Gasteiger partial charge in [0.1, 0.15) is 0 Å². The van der Waals surface area contributed by atoms with Crippen LogP contribution in [-0.2, 0) is 0 Å². The molecule has 0 saturated heterocycles. The Kier molecular flexibility index (Phi) is 2.64. The van der Waals surface area contributed by atoms with Gasteiger partial charge in [0.15, 0.2) is 0 Å². The second kappa shape index (κ2) is 3.72. The number of hydrogen-bond donors (Lipinski definition) is 1. The summed E-state index contributed by atoms with van der Waals surface area (Å²) < 4.78 is 0. The van der Waals surface area contributed by atoms with Crippen LogP contribution in [0.2, 0.25) is 0 Å². The first kappa shape index (κ1) is 8.53. The predicted molar refractivity (Wildman–Crippen MR) is 51.5 cm³/mol. The van der Waals surface area contributed by atoms with Crippen LogP contribution in [0.4, 0.5) is 0 Å². The Balaban J connectivity index is 3.52. The lowest BCUT2D eigenvalue weighted by atomic mass is 10.2. The third-order valence-corrected chi connectivity index (χ3v) is 1.58. The smallest absolute Gasteiger partial charge is 0.0379 e. The lowest BCUT2D eigenvalue weighted by molar-refractivity contribution is 1.17. The maximum absolute atomic E-state index is 5.44. The Morgan fingerprint density at radius 3 is 2.83 bits per heavy atom. The Labute approximate surface area is 71.7 Å². The fraction of sp³-hybridized carbons (Fsp3) is 0.100. The molecule has 12 heavy (non-hydrogen) atoms. The van der Waals surface area contributed by atoms with Gasteiger partial charge in [-0.3, -0.25) is 4.98 Å². The van der Waals surface area contributed by atoms with Crippen molar-refractivity contribution in [2.24, 2.45) is 5.73 Å². The van der Waals surface area contributed by atoms with Crippen molar-refractivity contribution in [2.75, 3.05) is 0 Å². The first-order chi connectivity index (χ1) is 5.77. The van der Waals surface area contributed by atoms with Crippen molar-refractivity contribution in [3.63, 3.8) is 0 Å². The summed E-state index contributed by atoms with van der Waals surface area (Å²) in [5, 5.41) is 1.99. The first-order valence-electron chi connectivity index (χ1n) is 3.75. The third-order valence-electron chi connectivity index (χ3n) is 1.58. The summed E-state index contributed by atoms with van der Waals surface area (Å²) in [7, 11) is 0. The summed E-state index contributed by atoms with van der Waals surface area (Å²) in [6, 6.07) is 1.94. The van der Waals surface area contributed by atoms with E-state index in [9.17, 15) is 0 Å². The molecule has 0 aliphatic carbocycles. The van der Waals surface area contributed by atoms with Gasteiger partial charge in [0.25, 0.3) is 0 Å². The number of allylic oxidation sites excluding steroid dienone is 1. The summed E-state index contributed by atoms with van der Waals surface area (Å²) in [4.78, 5) is 4.15. The molecule has 2 heteroatoms. The van der Waals surface area contributed by atoms with E-state index in [1.807, 2.05) is 19.1 Å². The monoisotopic (exact) mass is 160 g/mol. The van der Waals surface area contributed by atoms with Gasteiger partial charge < -0.3 is 5.73 Å². The summed E-state index contributed by atoms with van der Waals surface area (Å²) in [5.74, 6) is 0. The maximum Gasteiger partial charge on any atom is 0.0379 e. The van der Waals surface area contributed by atoms with Gasteiger partial charge in [0.2, 0.25) is 0 Å². The zero-order chi connectivity index (χ0) is 8.97. The maximum atomic E-state index is 5.44. The van der Waals surface area contributed by atoms with Crippen molar-refractivity contribution in [3.8, 4) is 0 Å². The van der Waals surface area contributed by atoms with Crippen molar-refractivity contribution < 1.29 is 0 Å². The minimum absolute atomic E-state index is 0.966. The number of hydrogen-bond acceptors (Lipinski definition) is 2. The summed E-state index contributed by atoms with van der Waals surface area (Å²) in [5.41, 5.74) is 6.41. The molecule has 1 aromatic heterocycles. The van der Waals surface area contributed by atoms with E-state index >= 15 is 0 Å². The SMILES string of the molecule is C=C/C=c1/cnc(C)c/c1=C/N. The van der Waals surface area contributed by atoms with Crippen LogP contribution < -0.4 is 16.2 Å². The molecule has 0 aliphatic rings. The van der Waals surface area contributed by atoms with Crippen LogP contribution in [0, 0.1) is 6.92 Å².